The highest BCUT2D eigenvalue weighted by Crippen LogP contribution is 2.37. The molecule has 1 fully saturated rings. The van der Waals surface area contributed by atoms with Crippen LogP contribution >= 0.6 is 15.9 Å². The van der Waals surface area contributed by atoms with Gasteiger partial charge in [-0.15, -0.1) is 0 Å². The normalized spacial score (nSPS) is 22.8. The van der Waals surface area contributed by atoms with E-state index in [0.717, 1.165) is 6.42 Å². The maximum Gasteiger partial charge on any atom is 0.248 e. The number of rotatable bonds is 3. The maximum absolute atomic E-state index is 13.2. The Morgan fingerprint density at radius 2 is 2.17 bits per heavy atom. The standard InChI is InChI=1S/C13H14BrF3O/c14-11-6-10(15)3-4-12(11)18-8-9-2-1-5-13(16,17)7-9/h3-4,6,9H,1-2,5,7-8H2. The van der Waals surface area contributed by atoms with Crippen LogP contribution in [0, 0.1) is 11.7 Å². The zero-order valence-electron chi connectivity index (χ0n) is 9.77. The fourth-order valence-electron chi connectivity index (χ4n) is 2.22. The summed E-state index contributed by atoms with van der Waals surface area (Å²) in [6, 6.07) is 4.08. The van der Waals surface area contributed by atoms with Gasteiger partial charge in [0, 0.05) is 12.8 Å². The molecule has 1 atom stereocenters. The van der Waals surface area contributed by atoms with Crippen molar-refractivity contribution in [2.75, 3.05) is 6.61 Å². The Labute approximate surface area is 112 Å². The summed E-state index contributed by atoms with van der Waals surface area (Å²) < 4.78 is 45.2. The number of halogens is 4. The monoisotopic (exact) mass is 322 g/mol. The SMILES string of the molecule is Fc1ccc(OCC2CCCC(F)(F)C2)c(Br)c1. The Bertz CT molecular complexity index is 423. The van der Waals surface area contributed by atoms with Crippen LogP contribution in [0.2, 0.25) is 0 Å². The molecule has 1 nitrogen and oxygen atoms in total. The summed E-state index contributed by atoms with van der Waals surface area (Å²) in [4.78, 5) is 0. The molecule has 0 bridgehead atoms. The molecule has 0 radical (unpaired) electrons. The molecule has 0 spiro atoms. The van der Waals surface area contributed by atoms with Crippen LogP contribution in [0.5, 0.6) is 5.75 Å². The smallest absolute Gasteiger partial charge is 0.248 e. The average molecular weight is 323 g/mol. The highest BCUT2D eigenvalue weighted by atomic mass is 79.9. The number of ether oxygens (including phenoxy) is 1. The molecule has 0 amide bonds. The highest BCUT2D eigenvalue weighted by molar-refractivity contribution is 9.10. The van der Waals surface area contributed by atoms with Gasteiger partial charge in [0.2, 0.25) is 5.92 Å². The summed E-state index contributed by atoms with van der Waals surface area (Å²) in [5.74, 6) is -2.57. The first-order chi connectivity index (χ1) is 8.46. The molecular weight excluding hydrogens is 309 g/mol. The molecule has 5 heteroatoms. The van der Waals surface area contributed by atoms with E-state index in [4.69, 9.17) is 4.74 Å². The van der Waals surface area contributed by atoms with Gasteiger partial charge in [-0.25, -0.2) is 13.2 Å². The lowest BCUT2D eigenvalue weighted by Crippen LogP contribution is -2.29. The van der Waals surface area contributed by atoms with Gasteiger partial charge in [0.25, 0.3) is 0 Å². The fraction of sp³-hybridized carbons (Fsp3) is 0.538. The van der Waals surface area contributed by atoms with Gasteiger partial charge in [-0.1, -0.05) is 0 Å². The first-order valence-corrected chi connectivity index (χ1v) is 6.71. The van der Waals surface area contributed by atoms with Gasteiger partial charge in [-0.05, 0) is 52.9 Å². The summed E-state index contributed by atoms with van der Waals surface area (Å²) >= 11 is 3.18. The first-order valence-electron chi connectivity index (χ1n) is 5.92. The molecule has 0 N–H and O–H groups in total. The topological polar surface area (TPSA) is 9.23 Å². The Morgan fingerprint density at radius 3 is 2.83 bits per heavy atom. The zero-order chi connectivity index (χ0) is 13.2. The molecule has 1 aromatic carbocycles. The minimum Gasteiger partial charge on any atom is -0.492 e. The van der Waals surface area contributed by atoms with Gasteiger partial charge in [-0.3, -0.25) is 0 Å². The Morgan fingerprint density at radius 1 is 1.39 bits per heavy atom. The largest absolute Gasteiger partial charge is 0.492 e. The minimum atomic E-state index is -2.56. The molecule has 2 rings (SSSR count). The van der Waals surface area contributed by atoms with Crippen LogP contribution in [0.15, 0.2) is 22.7 Å². The van der Waals surface area contributed by atoms with E-state index in [9.17, 15) is 13.2 Å². The third kappa shape index (κ3) is 3.64. The Hall–Kier alpha value is -0.710. The predicted octanol–water partition coefficient (Wildman–Crippen LogP) is 4.79. The van der Waals surface area contributed by atoms with E-state index in [0.29, 0.717) is 16.6 Å². The highest BCUT2D eigenvalue weighted by Gasteiger charge is 2.36. The number of hydrogen-bond acceptors (Lipinski definition) is 1. The van der Waals surface area contributed by atoms with Crippen molar-refractivity contribution in [3.8, 4) is 5.75 Å². The molecule has 18 heavy (non-hydrogen) atoms. The number of hydrogen-bond donors (Lipinski definition) is 0. The predicted molar refractivity (Wildman–Crippen MR) is 66.5 cm³/mol. The van der Waals surface area contributed by atoms with E-state index < -0.39 is 5.92 Å². The second-order valence-corrected chi connectivity index (χ2v) is 5.56. The lowest BCUT2D eigenvalue weighted by molar-refractivity contribution is -0.0585. The zero-order valence-corrected chi connectivity index (χ0v) is 11.4. The molecule has 0 aromatic heterocycles. The molecule has 1 aromatic rings. The Balaban J connectivity index is 1.91. The van der Waals surface area contributed by atoms with E-state index in [1.807, 2.05) is 0 Å². The third-order valence-corrected chi connectivity index (χ3v) is 3.73. The Kier molecular flexibility index (Phi) is 4.20. The molecule has 0 saturated heterocycles. The van der Waals surface area contributed by atoms with E-state index in [1.165, 1.54) is 18.2 Å². The second kappa shape index (κ2) is 5.51. The van der Waals surface area contributed by atoms with Gasteiger partial charge >= 0.3 is 0 Å². The van der Waals surface area contributed by atoms with E-state index in [-0.39, 0.29) is 31.2 Å². The van der Waals surface area contributed by atoms with Gasteiger partial charge in [0.15, 0.2) is 0 Å². The van der Waals surface area contributed by atoms with Crippen molar-refractivity contribution in [1.29, 1.82) is 0 Å². The number of alkyl halides is 2. The second-order valence-electron chi connectivity index (χ2n) is 4.70. The van der Waals surface area contributed by atoms with Crippen LogP contribution in [-0.4, -0.2) is 12.5 Å². The van der Waals surface area contributed by atoms with Crippen LogP contribution in [0.1, 0.15) is 25.7 Å². The molecule has 0 heterocycles. The van der Waals surface area contributed by atoms with Gasteiger partial charge < -0.3 is 4.74 Å². The molecule has 0 aliphatic heterocycles. The fourth-order valence-corrected chi connectivity index (χ4v) is 2.68. The molecule has 1 unspecified atom stereocenters. The summed E-state index contributed by atoms with van der Waals surface area (Å²) in [6.07, 6.45) is 1.15. The van der Waals surface area contributed by atoms with E-state index in [2.05, 4.69) is 15.9 Å². The summed E-state index contributed by atoms with van der Waals surface area (Å²) in [5.41, 5.74) is 0. The van der Waals surface area contributed by atoms with Crippen LogP contribution in [0.3, 0.4) is 0 Å². The van der Waals surface area contributed by atoms with Crippen molar-refractivity contribution < 1.29 is 17.9 Å². The lowest BCUT2D eigenvalue weighted by Gasteiger charge is -2.28. The van der Waals surface area contributed by atoms with Crippen molar-refractivity contribution in [1.82, 2.24) is 0 Å². The summed E-state index contributed by atoms with van der Waals surface area (Å²) in [6.45, 7) is 0.250. The maximum atomic E-state index is 13.2. The van der Waals surface area contributed by atoms with E-state index in [1.54, 1.807) is 0 Å². The van der Waals surface area contributed by atoms with Crippen LogP contribution in [-0.2, 0) is 0 Å². The number of benzene rings is 1. The van der Waals surface area contributed by atoms with Crippen molar-refractivity contribution in [2.45, 2.75) is 31.6 Å². The van der Waals surface area contributed by atoms with Crippen molar-refractivity contribution >= 4 is 15.9 Å². The van der Waals surface area contributed by atoms with Crippen LogP contribution < -0.4 is 4.74 Å². The van der Waals surface area contributed by atoms with Crippen LogP contribution in [0.25, 0.3) is 0 Å². The molecule has 100 valence electrons. The molecule has 1 aliphatic carbocycles. The van der Waals surface area contributed by atoms with Gasteiger partial charge in [-0.2, -0.15) is 0 Å². The van der Waals surface area contributed by atoms with E-state index >= 15 is 0 Å². The molecule has 1 aliphatic rings. The van der Waals surface area contributed by atoms with Gasteiger partial charge in [0.05, 0.1) is 11.1 Å². The molecule has 1 saturated carbocycles. The average Bonchev–Trinajstić information content (AvgIpc) is 2.26. The van der Waals surface area contributed by atoms with Gasteiger partial charge in [0.1, 0.15) is 11.6 Å². The van der Waals surface area contributed by atoms with Crippen molar-refractivity contribution in [3.63, 3.8) is 0 Å². The summed E-state index contributed by atoms with van der Waals surface area (Å²) in [5, 5.41) is 0. The van der Waals surface area contributed by atoms with Crippen molar-refractivity contribution in [3.05, 3.63) is 28.5 Å². The first kappa shape index (κ1) is 13.7. The van der Waals surface area contributed by atoms with Crippen LogP contribution in [0.4, 0.5) is 13.2 Å². The van der Waals surface area contributed by atoms with Crippen molar-refractivity contribution in [2.24, 2.45) is 5.92 Å². The summed E-state index contributed by atoms with van der Waals surface area (Å²) in [7, 11) is 0. The lowest BCUT2D eigenvalue weighted by atomic mass is 9.87. The molecular formula is C13H14BrF3O. The quantitative estimate of drug-likeness (QED) is 0.777. The minimum absolute atomic E-state index is 0.0241. The third-order valence-electron chi connectivity index (χ3n) is 3.11.